The molecule has 0 aliphatic carbocycles. The molecule has 0 bridgehead atoms. The van der Waals surface area contributed by atoms with Crippen LogP contribution < -0.4 is 5.73 Å². The third-order valence-corrected chi connectivity index (χ3v) is 4.11. The molecule has 1 aliphatic heterocycles. The van der Waals surface area contributed by atoms with Crippen LogP contribution in [0.2, 0.25) is 0 Å². The van der Waals surface area contributed by atoms with Crippen molar-refractivity contribution in [3.05, 3.63) is 35.4 Å². The van der Waals surface area contributed by atoms with Gasteiger partial charge in [0.05, 0.1) is 6.54 Å². The third-order valence-electron chi connectivity index (χ3n) is 2.97. The molecule has 2 rings (SSSR count). The quantitative estimate of drug-likeness (QED) is 0.791. The van der Waals surface area contributed by atoms with Crippen LogP contribution in [0.25, 0.3) is 0 Å². The van der Waals surface area contributed by atoms with Gasteiger partial charge < -0.3 is 10.6 Å². The summed E-state index contributed by atoms with van der Waals surface area (Å²) in [5, 5.41) is 0.512. The van der Waals surface area contributed by atoms with E-state index in [1.54, 1.807) is 0 Å². The number of carbonyl (C=O) groups excluding carboxylic acids is 1. The lowest BCUT2D eigenvalue weighted by Gasteiger charge is -2.30. The van der Waals surface area contributed by atoms with Gasteiger partial charge in [0.2, 0.25) is 0 Å². The Morgan fingerprint density at radius 3 is 3.16 bits per heavy atom. The van der Waals surface area contributed by atoms with Crippen molar-refractivity contribution in [1.82, 2.24) is 4.90 Å². The summed E-state index contributed by atoms with van der Waals surface area (Å²) in [5.74, 6) is 6.88. The number of hydrogen-bond acceptors (Lipinski definition) is 3. The van der Waals surface area contributed by atoms with Crippen LogP contribution in [0.1, 0.15) is 22.8 Å². The molecule has 1 aliphatic rings. The monoisotopic (exact) mass is 274 g/mol. The van der Waals surface area contributed by atoms with Crippen molar-refractivity contribution < 1.29 is 4.79 Å². The van der Waals surface area contributed by atoms with Crippen LogP contribution in [0.4, 0.5) is 0 Å². The number of nitrogens with two attached hydrogens (primary N) is 1. The van der Waals surface area contributed by atoms with Crippen LogP contribution in [-0.4, -0.2) is 41.4 Å². The minimum Gasteiger partial charge on any atom is -0.337 e. The van der Waals surface area contributed by atoms with Gasteiger partial charge in [-0.05, 0) is 18.2 Å². The number of benzene rings is 1. The first kappa shape index (κ1) is 14.0. The Balaban J connectivity index is 2.14. The van der Waals surface area contributed by atoms with Crippen LogP contribution in [-0.2, 0) is 0 Å². The maximum atomic E-state index is 12.4. The number of thioether (sulfide) groups is 1. The average molecular weight is 274 g/mol. The second kappa shape index (κ2) is 6.65. The molecule has 1 aromatic carbocycles. The van der Waals surface area contributed by atoms with Gasteiger partial charge in [-0.3, -0.25) is 4.79 Å². The smallest absolute Gasteiger partial charge is 0.253 e. The van der Waals surface area contributed by atoms with Gasteiger partial charge in [0.15, 0.2) is 0 Å². The van der Waals surface area contributed by atoms with Crippen molar-refractivity contribution in [2.75, 3.05) is 25.4 Å². The van der Waals surface area contributed by atoms with Gasteiger partial charge in [-0.2, -0.15) is 11.8 Å². The molecule has 0 radical (unpaired) electrons. The fraction of sp³-hybridized carbons (Fsp3) is 0.400. The first-order valence-corrected chi connectivity index (χ1v) is 7.45. The molecular formula is C15H18N2OS. The molecule has 0 spiro atoms. The van der Waals surface area contributed by atoms with E-state index in [4.69, 9.17) is 5.73 Å². The van der Waals surface area contributed by atoms with Gasteiger partial charge in [-0.25, -0.2) is 0 Å². The topological polar surface area (TPSA) is 46.3 Å². The lowest BCUT2D eigenvalue weighted by atomic mass is 10.1. The predicted octanol–water partition coefficient (Wildman–Crippen LogP) is 1.57. The Morgan fingerprint density at radius 2 is 2.42 bits per heavy atom. The highest BCUT2D eigenvalue weighted by atomic mass is 32.2. The summed E-state index contributed by atoms with van der Waals surface area (Å²) in [5.41, 5.74) is 6.91. The molecule has 1 aromatic rings. The van der Waals surface area contributed by atoms with E-state index in [1.807, 2.05) is 40.9 Å². The number of carbonyl (C=O) groups is 1. The Morgan fingerprint density at radius 1 is 1.58 bits per heavy atom. The first-order valence-electron chi connectivity index (χ1n) is 6.40. The van der Waals surface area contributed by atoms with Gasteiger partial charge >= 0.3 is 0 Å². The second-order valence-electron chi connectivity index (χ2n) is 4.52. The van der Waals surface area contributed by atoms with Crippen molar-refractivity contribution in [1.29, 1.82) is 0 Å². The van der Waals surface area contributed by atoms with Gasteiger partial charge in [-0.1, -0.05) is 24.8 Å². The molecule has 0 aromatic heterocycles. The van der Waals surface area contributed by atoms with Crippen molar-refractivity contribution in [2.24, 2.45) is 5.73 Å². The highest BCUT2D eigenvalue weighted by Crippen LogP contribution is 2.19. The third kappa shape index (κ3) is 3.76. The maximum Gasteiger partial charge on any atom is 0.253 e. The molecule has 4 heteroatoms. The maximum absolute atomic E-state index is 12.4. The van der Waals surface area contributed by atoms with Gasteiger partial charge in [-0.15, -0.1) is 0 Å². The zero-order chi connectivity index (χ0) is 13.7. The van der Waals surface area contributed by atoms with Crippen LogP contribution >= 0.6 is 11.8 Å². The molecule has 3 nitrogen and oxygen atoms in total. The molecule has 1 heterocycles. The summed E-state index contributed by atoms with van der Waals surface area (Å²) in [6.07, 6.45) is 0. The lowest BCUT2D eigenvalue weighted by Crippen LogP contribution is -2.41. The van der Waals surface area contributed by atoms with Gasteiger partial charge in [0.25, 0.3) is 5.91 Å². The van der Waals surface area contributed by atoms with Crippen molar-refractivity contribution >= 4 is 17.7 Å². The van der Waals surface area contributed by atoms with Crippen molar-refractivity contribution in [3.8, 4) is 11.8 Å². The van der Waals surface area contributed by atoms with Crippen LogP contribution in [0.5, 0.6) is 0 Å². The second-order valence-corrected chi connectivity index (χ2v) is 6.07. The number of nitrogens with zero attached hydrogens (tertiary/aromatic N) is 1. The van der Waals surface area contributed by atoms with E-state index >= 15 is 0 Å². The molecule has 100 valence electrons. The largest absolute Gasteiger partial charge is 0.337 e. The highest BCUT2D eigenvalue weighted by Gasteiger charge is 2.22. The summed E-state index contributed by atoms with van der Waals surface area (Å²) in [7, 11) is 0. The van der Waals surface area contributed by atoms with E-state index < -0.39 is 0 Å². The van der Waals surface area contributed by atoms with Crippen LogP contribution in [0, 0.1) is 11.8 Å². The standard InChI is InChI=1S/C15H18N2OS/c1-12-11-17(8-9-19-12)15(18)14-6-2-4-13(10-14)5-3-7-16/h2,4,6,10,12H,7-9,11,16H2,1H3. The fourth-order valence-electron chi connectivity index (χ4n) is 2.07. The Hall–Kier alpha value is -1.44. The van der Waals surface area contributed by atoms with Crippen LogP contribution in [0.3, 0.4) is 0 Å². The Bertz CT molecular complexity index is 518. The minimum atomic E-state index is 0.101. The number of hydrogen-bond donors (Lipinski definition) is 1. The summed E-state index contributed by atoms with van der Waals surface area (Å²) in [6.45, 7) is 4.14. The van der Waals surface area contributed by atoms with E-state index in [0.717, 1.165) is 24.4 Å². The van der Waals surface area contributed by atoms with Gasteiger partial charge in [0.1, 0.15) is 0 Å². The first-order chi connectivity index (χ1) is 9.20. The fourth-order valence-corrected chi connectivity index (χ4v) is 3.08. The Labute approximate surface area is 118 Å². The Kier molecular flexibility index (Phi) is 4.89. The van der Waals surface area contributed by atoms with Crippen molar-refractivity contribution in [3.63, 3.8) is 0 Å². The normalized spacial score (nSPS) is 18.6. The number of rotatable bonds is 1. The molecule has 19 heavy (non-hydrogen) atoms. The lowest BCUT2D eigenvalue weighted by molar-refractivity contribution is 0.0763. The predicted molar refractivity (Wildman–Crippen MR) is 80.2 cm³/mol. The average Bonchev–Trinajstić information content (AvgIpc) is 2.44. The van der Waals surface area contributed by atoms with E-state index in [-0.39, 0.29) is 5.91 Å². The zero-order valence-electron chi connectivity index (χ0n) is 11.1. The molecule has 1 saturated heterocycles. The van der Waals surface area contributed by atoms with E-state index in [1.165, 1.54) is 0 Å². The van der Waals surface area contributed by atoms with Gasteiger partial charge in [0, 0.05) is 35.2 Å². The molecule has 1 amide bonds. The molecular weight excluding hydrogens is 256 g/mol. The minimum absolute atomic E-state index is 0.101. The van der Waals surface area contributed by atoms with E-state index in [2.05, 4.69) is 18.8 Å². The van der Waals surface area contributed by atoms with E-state index in [0.29, 0.717) is 17.4 Å². The molecule has 2 N–H and O–H groups in total. The summed E-state index contributed by atoms with van der Waals surface area (Å²) < 4.78 is 0. The van der Waals surface area contributed by atoms with E-state index in [9.17, 15) is 4.79 Å². The summed E-state index contributed by atoms with van der Waals surface area (Å²) in [6, 6.07) is 7.46. The molecule has 0 saturated carbocycles. The molecule has 1 unspecified atom stereocenters. The molecule has 1 atom stereocenters. The zero-order valence-corrected chi connectivity index (χ0v) is 11.9. The SMILES string of the molecule is CC1CN(C(=O)c2cccc(C#CCN)c2)CCS1. The summed E-state index contributed by atoms with van der Waals surface area (Å²) in [4.78, 5) is 14.3. The number of amides is 1. The highest BCUT2D eigenvalue weighted by molar-refractivity contribution is 7.99. The molecule has 1 fully saturated rings. The van der Waals surface area contributed by atoms with Crippen LogP contribution in [0.15, 0.2) is 24.3 Å². The summed E-state index contributed by atoms with van der Waals surface area (Å²) >= 11 is 1.92. The van der Waals surface area contributed by atoms with Crippen molar-refractivity contribution in [2.45, 2.75) is 12.2 Å².